The molecule has 22 heavy (non-hydrogen) atoms. The zero-order valence-corrected chi connectivity index (χ0v) is 13.0. The van der Waals surface area contributed by atoms with Gasteiger partial charge in [-0.05, 0) is 18.8 Å². The SMILES string of the molecule is CCCCC(CCC)COC(=O)OCCNC(=O)C(F)(F)F. The van der Waals surface area contributed by atoms with E-state index in [2.05, 4.69) is 11.7 Å². The van der Waals surface area contributed by atoms with Gasteiger partial charge in [-0.15, -0.1) is 0 Å². The van der Waals surface area contributed by atoms with Crippen LogP contribution in [-0.2, 0) is 14.3 Å². The molecule has 1 atom stereocenters. The molecule has 130 valence electrons. The molecule has 0 aromatic heterocycles. The molecule has 1 N–H and O–H groups in total. The maximum atomic E-state index is 11.9. The van der Waals surface area contributed by atoms with E-state index in [1.807, 2.05) is 6.92 Å². The predicted molar refractivity (Wildman–Crippen MR) is 74.3 cm³/mol. The molecule has 0 aliphatic rings. The third-order valence-corrected chi connectivity index (χ3v) is 2.96. The van der Waals surface area contributed by atoms with E-state index in [-0.39, 0.29) is 19.1 Å². The van der Waals surface area contributed by atoms with Gasteiger partial charge < -0.3 is 14.8 Å². The van der Waals surface area contributed by atoms with Crippen molar-refractivity contribution in [1.29, 1.82) is 0 Å². The van der Waals surface area contributed by atoms with Crippen molar-refractivity contribution in [2.45, 2.75) is 52.1 Å². The first-order valence-electron chi connectivity index (χ1n) is 7.45. The van der Waals surface area contributed by atoms with Gasteiger partial charge in [0.2, 0.25) is 0 Å². The first kappa shape index (κ1) is 20.5. The second kappa shape index (κ2) is 11.1. The van der Waals surface area contributed by atoms with Crippen LogP contribution in [-0.4, -0.2) is 38.0 Å². The van der Waals surface area contributed by atoms with Crippen LogP contribution in [0.25, 0.3) is 0 Å². The second-order valence-corrected chi connectivity index (χ2v) is 4.96. The second-order valence-electron chi connectivity index (χ2n) is 4.96. The summed E-state index contributed by atoms with van der Waals surface area (Å²) in [5.41, 5.74) is 0. The van der Waals surface area contributed by atoms with Crippen LogP contribution >= 0.6 is 0 Å². The standard InChI is InChI=1S/C14H24F3NO4/c1-3-5-7-11(6-4-2)10-22-13(20)21-9-8-18-12(19)14(15,16)17/h11H,3-10H2,1-2H3,(H,18,19). The van der Waals surface area contributed by atoms with E-state index in [9.17, 15) is 22.8 Å². The van der Waals surface area contributed by atoms with Crippen molar-refractivity contribution in [2.75, 3.05) is 19.8 Å². The molecule has 8 heteroatoms. The number of carbonyl (C=O) groups excluding carboxylic acids is 2. The number of amides is 1. The van der Waals surface area contributed by atoms with Crippen LogP contribution in [0.3, 0.4) is 0 Å². The Kier molecular flexibility index (Phi) is 10.4. The third-order valence-electron chi connectivity index (χ3n) is 2.96. The highest BCUT2D eigenvalue weighted by atomic mass is 19.4. The minimum absolute atomic E-state index is 0.238. The van der Waals surface area contributed by atoms with E-state index in [1.54, 1.807) is 5.32 Å². The Morgan fingerprint density at radius 1 is 1.09 bits per heavy atom. The van der Waals surface area contributed by atoms with Gasteiger partial charge in [-0.2, -0.15) is 13.2 Å². The summed E-state index contributed by atoms with van der Waals surface area (Å²) in [5, 5.41) is 1.59. The molecule has 0 radical (unpaired) electrons. The van der Waals surface area contributed by atoms with Gasteiger partial charge in [0.1, 0.15) is 6.61 Å². The lowest BCUT2D eigenvalue weighted by molar-refractivity contribution is -0.173. The lowest BCUT2D eigenvalue weighted by Gasteiger charge is -2.15. The van der Waals surface area contributed by atoms with E-state index >= 15 is 0 Å². The Morgan fingerprint density at radius 3 is 2.32 bits per heavy atom. The average molecular weight is 327 g/mol. The zero-order chi connectivity index (χ0) is 17.0. The normalized spacial score (nSPS) is 12.6. The summed E-state index contributed by atoms with van der Waals surface area (Å²) in [4.78, 5) is 21.8. The van der Waals surface area contributed by atoms with E-state index in [4.69, 9.17) is 4.74 Å². The largest absolute Gasteiger partial charge is 0.508 e. The van der Waals surface area contributed by atoms with Crippen molar-refractivity contribution in [3.63, 3.8) is 0 Å². The number of alkyl halides is 3. The molecule has 0 saturated heterocycles. The van der Waals surface area contributed by atoms with Crippen molar-refractivity contribution >= 4 is 12.1 Å². The van der Waals surface area contributed by atoms with Gasteiger partial charge in [-0.25, -0.2) is 4.79 Å². The van der Waals surface area contributed by atoms with E-state index in [0.29, 0.717) is 0 Å². The number of ether oxygens (including phenoxy) is 2. The minimum atomic E-state index is -4.94. The molecule has 0 aliphatic heterocycles. The summed E-state index contributed by atoms with van der Waals surface area (Å²) in [6, 6.07) is 0. The summed E-state index contributed by atoms with van der Waals surface area (Å²) < 4.78 is 45.2. The smallest absolute Gasteiger partial charge is 0.434 e. The molecule has 1 amide bonds. The number of nitrogens with one attached hydrogen (secondary N) is 1. The average Bonchev–Trinajstić information content (AvgIpc) is 2.45. The van der Waals surface area contributed by atoms with Gasteiger partial charge in [0.05, 0.1) is 13.2 Å². The lowest BCUT2D eigenvalue weighted by atomic mass is 9.98. The Hall–Kier alpha value is -1.47. The Labute approximate surface area is 128 Å². The number of rotatable bonds is 10. The Balaban J connectivity index is 3.82. The van der Waals surface area contributed by atoms with Gasteiger partial charge >= 0.3 is 18.2 Å². The van der Waals surface area contributed by atoms with Crippen molar-refractivity contribution in [3.8, 4) is 0 Å². The van der Waals surface area contributed by atoms with Gasteiger partial charge in [-0.3, -0.25) is 4.79 Å². The Morgan fingerprint density at radius 2 is 1.77 bits per heavy atom. The fourth-order valence-corrected chi connectivity index (χ4v) is 1.84. The number of halogens is 3. The maximum Gasteiger partial charge on any atom is 0.508 e. The molecule has 1 unspecified atom stereocenters. The van der Waals surface area contributed by atoms with Gasteiger partial charge in [0, 0.05) is 0 Å². The van der Waals surface area contributed by atoms with Gasteiger partial charge in [0.25, 0.3) is 0 Å². The van der Waals surface area contributed by atoms with Crippen molar-refractivity contribution in [3.05, 3.63) is 0 Å². The molecule has 0 aromatic carbocycles. The first-order chi connectivity index (χ1) is 10.3. The summed E-state index contributed by atoms with van der Waals surface area (Å²) >= 11 is 0. The molecule has 0 aliphatic carbocycles. The number of hydrogen-bond donors (Lipinski definition) is 1. The van der Waals surface area contributed by atoms with Crippen LogP contribution in [0.5, 0.6) is 0 Å². The summed E-state index contributed by atoms with van der Waals surface area (Å²) in [6.45, 7) is 3.57. The fraction of sp³-hybridized carbons (Fsp3) is 0.857. The molecule has 0 aromatic rings. The first-order valence-corrected chi connectivity index (χ1v) is 7.45. The quantitative estimate of drug-likeness (QED) is 0.493. The molecule has 0 bridgehead atoms. The monoisotopic (exact) mass is 327 g/mol. The highest BCUT2D eigenvalue weighted by molar-refractivity contribution is 5.81. The van der Waals surface area contributed by atoms with Crippen LogP contribution in [0.2, 0.25) is 0 Å². The molecule has 0 fully saturated rings. The fourth-order valence-electron chi connectivity index (χ4n) is 1.84. The minimum Gasteiger partial charge on any atom is -0.434 e. The summed E-state index contributed by atoms with van der Waals surface area (Å²) in [6.07, 6.45) is -0.882. The Bertz CT molecular complexity index is 335. The molecule has 0 rings (SSSR count). The van der Waals surface area contributed by atoms with Crippen LogP contribution in [0.15, 0.2) is 0 Å². The number of unbranched alkanes of at least 4 members (excludes halogenated alkanes) is 1. The molecule has 0 saturated carbocycles. The van der Waals surface area contributed by atoms with Crippen molar-refractivity contribution in [1.82, 2.24) is 5.32 Å². The van der Waals surface area contributed by atoms with Crippen LogP contribution in [0.4, 0.5) is 18.0 Å². The number of hydrogen-bond acceptors (Lipinski definition) is 4. The molecule has 0 heterocycles. The summed E-state index contributed by atoms with van der Waals surface area (Å²) in [5.74, 6) is -1.80. The highest BCUT2D eigenvalue weighted by Crippen LogP contribution is 2.15. The van der Waals surface area contributed by atoms with Crippen LogP contribution < -0.4 is 5.32 Å². The van der Waals surface area contributed by atoms with E-state index < -0.39 is 24.8 Å². The van der Waals surface area contributed by atoms with E-state index in [1.165, 1.54) is 0 Å². The van der Waals surface area contributed by atoms with Crippen molar-refractivity contribution < 1.29 is 32.2 Å². The van der Waals surface area contributed by atoms with Gasteiger partial charge in [0.15, 0.2) is 0 Å². The summed E-state index contributed by atoms with van der Waals surface area (Å²) in [7, 11) is 0. The van der Waals surface area contributed by atoms with Crippen LogP contribution in [0.1, 0.15) is 46.0 Å². The van der Waals surface area contributed by atoms with E-state index in [0.717, 1.165) is 32.1 Å². The molecule has 5 nitrogen and oxygen atoms in total. The molecular formula is C14H24F3NO4. The maximum absolute atomic E-state index is 11.9. The highest BCUT2D eigenvalue weighted by Gasteiger charge is 2.38. The van der Waals surface area contributed by atoms with Crippen LogP contribution in [0, 0.1) is 5.92 Å². The molecule has 0 spiro atoms. The molecular weight excluding hydrogens is 303 g/mol. The van der Waals surface area contributed by atoms with Gasteiger partial charge in [-0.1, -0.05) is 33.1 Å². The lowest BCUT2D eigenvalue weighted by Crippen LogP contribution is -2.38. The third kappa shape index (κ3) is 10.3. The topological polar surface area (TPSA) is 64.6 Å². The number of carbonyl (C=O) groups is 2. The zero-order valence-electron chi connectivity index (χ0n) is 13.0. The predicted octanol–water partition coefficient (Wildman–Crippen LogP) is 3.42. The van der Waals surface area contributed by atoms with Crippen molar-refractivity contribution in [2.24, 2.45) is 5.92 Å².